The molecule has 4 N–H and O–H groups in total. The molecular formula is C14H24N4O3. The van der Waals surface area contributed by atoms with Crippen LogP contribution in [0.2, 0.25) is 0 Å². The third-order valence-corrected chi connectivity index (χ3v) is 3.04. The maximum atomic E-state index is 11.6. The van der Waals surface area contributed by atoms with Crippen molar-refractivity contribution in [1.29, 1.82) is 0 Å². The van der Waals surface area contributed by atoms with Crippen molar-refractivity contribution in [2.45, 2.75) is 33.1 Å². The van der Waals surface area contributed by atoms with Gasteiger partial charge in [0.15, 0.2) is 0 Å². The van der Waals surface area contributed by atoms with Crippen molar-refractivity contribution in [2.75, 3.05) is 13.1 Å². The summed E-state index contributed by atoms with van der Waals surface area (Å²) < 4.78 is 0. The van der Waals surface area contributed by atoms with Crippen LogP contribution in [0.15, 0.2) is 12.4 Å². The van der Waals surface area contributed by atoms with Crippen molar-refractivity contribution in [1.82, 2.24) is 20.6 Å². The number of rotatable bonds is 9. The van der Waals surface area contributed by atoms with E-state index in [0.29, 0.717) is 13.0 Å². The van der Waals surface area contributed by atoms with E-state index in [4.69, 9.17) is 5.11 Å². The summed E-state index contributed by atoms with van der Waals surface area (Å²) in [5, 5.41) is 14.4. The summed E-state index contributed by atoms with van der Waals surface area (Å²) in [5.41, 5.74) is 0. The number of amides is 2. The predicted octanol–water partition coefficient (Wildman–Crippen LogP) is 1.39. The van der Waals surface area contributed by atoms with Gasteiger partial charge in [-0.15, -0.1) is 0 Å². The first kappa shape index (κ1) is 17.0. The van der Waals surface area contributed by atoms with Gasteiger partial charge in [0, 0.05) is 31.9 Å². The lowest BCUT2D eigenvalue weighted by molar-refractivity contribution is -0.142. The number of carboxylic acids is 1. The zero-order valence-electron chi connectivity index (χ0n) is 12.6. The number of imidazole rings is 1. The average molecular weight is 296 g/mol. The third kappa shape index (κ3) is 7.34. The quantitative estimate of drug-likeness (QED) is 0.516. The molecule has 1 heterocycles. The summed E-state index contributed by atoms with van der Waals surface area (Å²) in [4.78, 5) is 29.7. The van der Waals surface area contributed by atoms with Gasteiger partial charge < -0.3 is 20.7 Å². The van der Waals surface area contributed by atoms with Crippen molar-refractivity contribution < 1.29 is 14.7 Å². The van der Waals surface area contributed by atoms with Gasteiger partial charge in [0.25, 0.3) is 0 Å². The van der Waals surface area contributed by atoms with Crippen LogP contribution in [-0.2, 0) is 11.2 Å². The summed E-state index contributed by atoms with van der Waals surface area (Å²) in [6, 6.07) is -0.329. The van der Waals surface area contributed by atoms with Crippen LogP contribution < -0.4 is 10.6 Å². The Morgan fingerprint density at radius 3 is 2.71 bits per heavy atom. The number of H-pyrrole nitrogens is 1. The molecule has 0 aliphatic carbocycles. The predicted molar refractivity (Wildman–Crippen MR) is 78.9 cm³/mol. The van der Waals surface area contributed by atoms with Gasteiger partial charge in [-0.1, -0.05) is 13.8 Å². The highest BCUT2D eigenvalue weighted by Crippen LogP contribution is 2.10. The highest BCUT2D eigenvalue weighted by atomic mass is 16.4. The van der Waals surface area contributed by atoms with Crippen molar-refractivity contribution >= 4 is 12.0 Å². The second-order valence-corrected chi connectivity index (χ2v) is 5.44. The molecule has 0 aromatic carbocycles. The minimum Gasteiger partial charge on any atom is -0.481 e. The number of carbonyl (C=O) groups is 2. The normalized spacial score (nSPS) is 12.1. The number of aryl methyl sites for hydroxylation is 1. The van der Waals surface area contributed by atoms with Crippen molar-refractivity contribution in [3.8, 4) is 0 Å². The number of urea groups is 1. The fraction of sp³-hybridized carbons (Fsp3) is 0.643. The molecular weight excluding hydrogens is 272 g/mol. The molecule has 0 radical (unpaired) electrons. The largest absolute Gasteiger partial charge is 0.481 e. The molecule has 0 aliphatic heterocycles. The fourth-order valence-corrected chi connectivity index (χ4v) is 2.01. The Hall–Kier alpha value is -2.05. The molecule has 21 heavy (non-hydrogen) atoms. The lowest BCUT2D eigenvalue weighted by Gasteiger charge is -2.15. The lowest BCUT2D eigenvalue weighted by Crippen LogP contribution is -2.40. The van der Waals surface area contributed by atoms with E-state index in [1.165, 1.54) is 0 Å². The summed E-state index contributed by atoms with van der Waals surface area (Å²) in [5.74, 6) is -0.245. The molecule has 0 spiro atoms. The number of aliphatic carboxylic acids is 1. The van der Waals surface area contributed by atoms with E-state index in [1.807, 2.05) is 13.8 Å². The van der Waals surface area contributed by atoms with Gasteiger partial charge in [0.1, 0.15) is 5.82 Å². The monoisotopic (exact) mass is 296 g/mol. The van der Waals surface area contributed by atoms with Gasteiger partial charge in [0.2, 0.25) is 0 Å². The topological polar surface area (TPSA) is 107 Å². The number of hydrogen-bond donors (Lipinski definition) is 4. The minimum absolute atomic E-state index is 0.150. The van der Waals surface area contributed by atoms with Crippen molar-refractivity contribution in [3.05, 3.63) is 18.2 Å². The number of aromatic nitrogens is 2. The van der Waals surface area contributed by atoms with E-state index >= 15 is 0 Å². The molecule has 0 aliphatic rings. The van der Waals surface area contributed by atoms with E-state index in [0.717, 1.165) is 18.7 Å². The summed E-state index contributed by atoms with van der Waals surface area (Å²) in [6.07, 6.45) is 5.54. The number of nitrogens with one attached hydrogen (secondary N) is 3. The van der Waals surface area contributed by atoms with Crippen LogP contribution in [0.3, 0.4) is 0 Å². The Morgan fingerprint density at radius 1 is 1.38 bits per heavy atom. The number of nitrogens with zero attached hydrogens (tertiary/aromatic N) is 1. The Balaban J connectivity index is 2.16. The van der Waals surface area contributed by atoms with E-state index in [1.54, 1.807) is 12.4 Å². The molecule has 1 atom stereocenters. The van der Waals surface area contributed by atoms with Gasteiger partial charge in [-0.05, 0) is 18.8 Å². The Morgan fingerprint density at radius 2 is 2.14 bits per heavy atom. The zero-order chi connectivity index (χ0) is 15.7. The molecule has 7 heteroatoms. The Bertz CT molecular complexity index is 431. The zero-order valence-corrected chi connectivity index (χ0v) is 12.6. The molecule has 0 saturated carbocycles. The number of hydrogen-bond acceptors (Lipinski definition) is 3. The maximum Gasteiger partial charge on any atom is 0.314 e. The van der Waals surface area contributed by atoms with Gasteiger partial charge in [-0.2, -0.15) is 0 Å². The highest BCUT2D eigenvalue weighted by molar-refractivity contribution is 5.75. The molecule has 1 rings (SSSR count). The van der Waals surface area contributed by atoms with E-state index in [9.17, 15) is 9.59 Å². The van der Waals surface area contributed by atoms with E-state index < -0.39 is 11.9 Å². The highest BCUT2D eigenvalue weighted by Gasteiger charge is 2.19. The van der Waals surface area contributed by atoms with Crippen LogP contribution in [0.5, 0.6) is 0 Å². The second-order valence-electron chi connectivity index (χ2n) is 5.44. The molecule has 1 aromatic rings. The summed E-state index contributed by atoms with van der Waals surface area (Å²) >= 11 is 0. The second kappa shape index (κ2) is 8.99. The van der Waals surface area contributed by atoms with Crippen LogP contribution >= 0.6 is 0 Å². The first-order chi connectivity index (χ1) is 9.99. The fourth-order valence-electron chi connectivity index (χ4n) is 2.01. The third-order valence-electron chi connectivity index (χ3n) is 3.04. The van der Waals surface area contributed by atoms with Crippen LogP contribution in [0.25, 0.3) is 0 Å². The maximum absolute atomic E-state index is 11.6. The smallest absolute Gasteiger partial charge is 0.314 e. The summed E-state index contributed by atoms with van der Waals surface area (Å²) in [6.45, 7) is 4.60. The number of carboxylic acid groups (broad SMARTS) is 1. The van der Waals surface area contributed by atoms with Gasteiger partial charge in [0.05, 0.1) is 5.92 Å². The van der Waals surface area contributed by atoms with E-state index in [2.05, 4.69) is 20.6 Å². The van der Waals surface area contributed by atoms with Crippen molar-refractivity contribution in [3.63, 3.8) is 0 Å². The average Bonchev–Trinajstić information content (AvgIpc) is 2.92. The number of aromatic amines is 1. The lowest BCUT2D eigenvalue weighted by atomic mass is 9.97. The molecule has 0 bridgehead atoms. The molecule has 2 amide bonds. The van der Waals surface area contributed by atoms with Gasteiger partial charge in [-0.25, -0.2) is 9.78 Å². The van der Waals surface area contributed by atoms with Crippen LogP contribution in [0.4, 0.5) is 4.79 Å². The first-order valence-corrected chi connectivity index (χ1v) is 7.21. The molecule has 1 unspecified atom stereocenters. The molecule has 118 valence electrons. The van der Waals surface area contributed by atoms with E-state index in [-0.39, 0.29) is 18.5 Å². The van der Waals surface area contributed by atoms with Crippen LogP contribution in [-0.4, -0.2) is 40.2 Å². The molecule has 7 nitrogen and oxygen atoms in total. The van der Waals surface area contributed by atoms with Gasteiger partial charge >= 0.3 is 12.0 Å². The SMILES string of the molecule is CC(C)CC(CNC(=O)NCCCc1ncc[nH]1)C(=O)O. The molecule has 1 aromatic heterocycles. The Kier molecular flexibility index (Phi) is 7.28. The summed E-state index contributed by atoms with van der Waals surface area (Å²) in [7, 11) is 0. The molecule has 0 fully saturated rings. The van der Waals surface area contributed by atoms with Gasteiger partial charge in [-0.3, -0.25) is 4.79 Å². The first-order valence-electron chi connectivity index (χ1n) is 7.21. The standard InChI is InChI=1S/C14H24N4O3/c1-10(2)8-11(13(19)20)9-18-14(21)17-5-3-4-12-15-6-7-16-12/h6-7,10-11H,3-5,8-9H2,1-2H3,(H,15,16)(H,19,20)(H2,17,18,21). The minimum atomic E-state index is -0.873. The number of carbonyl (C=O) groups excluding carboxylic acids is 1. The Labute approximate surface area is 124 Å². The van der Waals surface area contributed by atoms with Crippen molar-refractivity contribution in [2.24, 2.45) is 11.8 Å². The van der Waals surface area contributed by atoms with Crippen LogP contribution in [0, 0.1) is 11.8 Å². The van der Waals surface area contributed by atoms with Crippen LogP contribution in [0.1, 0.15) is 32.5 Å². The molecule has 0 saturated heterocycles.